The summed E-state index contributed by atoms with van der Waals surface area (Å²) in [6.07, 6.45) is 4.65. The second-order valence-corrected chi connectivity index (χ2v) is 8.89. The summed E-state index contributed by atoms with van der Waals surface area (Å²) in [6, 6.07) is 5.18. The number of rotatable bonds is 4. The lowest BCUT2D eigenvalue weighted by molar-refractivity contribution is 0.519. The van der Waals surface area contributed by atoms with Gasteiger partial charge in [-0.2, -0.15) is 10.2 Å². The number of aromatic nitrogens is 5. The van der Waals surface area contributed by atoms with Crippen molar-refractivity contribution in [2.75, 3.05) is 11.6 Å². The maximum atomic E-state index is 11.9. The zero-order chi connectivity index (χ0) is 19.3. The second-order valence-electron chi connectivity index (χ2n) is 6.88. The van der Waals surface area contributed by atoms with Crippen LogP contribution in [0.1, 0.15) is 25.6 Å². The number of fused-ring (bicyclic) bond motifs is 3. The van der Waals surface area contributed by atoms with Gasteiger partial charge in [0.25, 0.3) is 0 Å². The Labute approximate surface area is 156 Å². The summed E-state index contributed by atoms with van der Waals surface area (Å²) in [5.41, 5.74) is 3.27. The van der Waals surface area contributed by atoms with Gasteiger partial charge in [0.2, 0.25) is 0 Å². The van der Waals surface area contributed by atoms with Gasteiger partial charge in [0.1, 0.15) is 5.52 Å². The van der Waals surface area contributed by atoms with Crippen molar-refractivity contribution >= 4 is 43.1 Å². The van der Waals surface area contributed by atoms with Gasteiger partial charge in [0.05, 0.1) is 34.2 Å². The van der Waals surface area contributed by atoms with E-state index in [1.54, 1.807) is 30.6 Å². The Morgan fingerprint density at radius 2 is 1.96 bits per heavy atom. The van der Waals surface area contributed by atoms with Gasteiger partial charge in [-0.05, 0) is 39.0 Å². The fourth-order valence-electron chi connectivity index (χ4n) is 3.19. The van der Waals surface area contributed by atoms with Crippen LogP contribution >= 0.6 is 0 Å². The van der Waals surface area contributed by atoms with Gasteiger partial charge in [0.15, 0.2) is 15.7 Å². The highest BCUT2D eigenvalue weighted by Crippen LogP contribution is 2.31. The SMILES string of the molecule is Cc1c(Nc2nc3ccc(S(C)(=O)=O)cc3c3cn[nH]c23)cnn1C(C)C. The molecule has 0 saturated heterocycles. The molecule has 0 amide bonds. The van der Waals surface area contributed by atoms with Crippen molar-refractivity contribution in [1.29, 1.82) is 0 Å². The normalized spacial score (nSPS) is 12.3. The van der Waals surface area contributed by atoms with Crippen molar-refractivity contribution in [3.05, 3.63) is 36.3 Å². The van der Waals surface area contributed by atoms with E-state index < -0.39 is 9.84 Å². The van der Waals surface area contributed by atoms with Crippen LogP contribution < -0.4 is 5.32 Å². The zero-order valence-electron chi connectivity index (χ0n) is 15.5. The van der Waals surface area contributed by atoms with Crippen LogP contribution in [0.4, 0.5) is 11.5 Å². The lowest BCUT2D eigenvalue weighted by Gasteiger charge is -2.11. The number of nitrogens with one attached hydrogen (secondary N) is 2. The van der Waals surface area contributed by atoms with E-state index in [9.17, 15) is 8.42 Å². The smallest absolute Gasteiger partial charge is 0.175 e. The van der Waals surface area contributed by atoms with Gasteiger partial charge < -0.3 is 5.32 Å². The fourth-order valence-corrected chi connectivity index (χ4v) is 3.84. The number of benzene rings is 1. The van der Waals surface area contributed by atoms with Crippen LogP contribution in [0.25, 0.3) is 21.8 Å². The summed E-state index contributed by atoms with van der Waals surface area (Å²) in [5.74, 6) is 0.619. The Morgan fingerprint density at radius 1 is 1.19 bits per heavy atom. The van der Waals surface area contributed by atoms with Crippen molar-refractivity contribution in [2.24, 2.45) is 0 Å². The Bertz CT molecular complexity index is 1270. The lowest BCUT2D eigenvalue weighted by Crippen LogP contribution is -2.05. The van der Waals surface area contributed by atoms with Crippen LogP contribution in [0.3, 0.4) is 0 Å². The number of nitrogens with zero attached hydrogens (tertiary/aromatic N) is 4. The van der Waals surface area contributed by atoms with Crippen molar-refractivity contribution < 1.29 is 8.42 Å². The largest absolute Gasteiger partial charge is 0.336 e. The van der Waals surface area contributed by atoms with Crippen molar-refractivity contribution in [2.45, 2.75) is 31.7 Å². The molecule has 2 N–H and O–H groups in total. The van der Waals surface area contributed by atoms with E-state index in [2.05, 4.69) is 39.4 Å². The molecule has 0 saturated carbocycles. The summed E-state index contributed by atoms with van der Waals surface area (Å²) in [6.45, 7) is 6.15. The van der Waals surface area contributed by atoms with Gasteiger partial charge in [-0.3, -0.25) is 9.78 Å². The molecule has 3 aromatic heterocycles. The van der Waals surface area contributed by atoms with E-state index in [1.807, 2.05) is 11.6 Å². The van der Waals surface area contributed by atoms with Crippen molar-refractivity contribution in [1.82, 2.24) is 25.0 Å². The number of anilines is 2. The van der Waals surface area contributed by atoms with Gasteiger partial charge in [0, 0.05) is 23.1 Å². The summed E-state index contributed by atoms with van der Waals surface area (Å²) in [4.78, 5) is 4.93. The van der Waals surface area contributed by atoms with Crippen LogP contribution in [0.5, 0.6) is 0 Å². The van der Waals surface area contributed by atoms with Crippen LogP contribution in [-0.2, 0) is 9.84 Å². The third-order valence-corrected chi connectivity index (χ3v) is 5.69. The second kappa shape index (κ2) is 6.05. The molecule has 0 radical (unpaired) electrons. The quantitative estimate of drug-likeness (QED) is 0.559. The van der Waals surface area contributed by atoms with E-state index in [-0.39, 0.29) is 10.9 Å². The summed E-state index contributed by atoms with van der Waals surface area (Å²) in [7, 11) is -3.30. The van der Waals surface area contributed by atoms with Gasteiger partial charge >= 0.3 is 0 Å². The Balaban J connectivity index is 1.88. The van der Waals surface area contributed by atoms with E-state index in [1.165, 1.54) is 6.26 Å². The van der Waals surface area contributed by atoms with E-state index >= 15 is 0 Å². The first kappa shape index (κ1) is 17.5. The molecule has 27 heavy (non-hydrogen) atoms. The van der Waals surface area contributed by atoms with E-state index in [0.717, 1.165) is 22.2 Å². The van der Waals surface area contributed by atoms with Gasteiger partial charge in [-0.15, -0.1) is 0 Å². The molecule has 4 aromatic rings. The minimum absolute atomic E-state index is 0.256. The molecule has 0 bridgehead atoms. The van der Waals surface area contributed by atoms with Crippen molar-refractivity contribution in [3.8, 4) is 0 Å². The van der Waals surface area contributed by atoms with Crippen molar-refractivity contribution in [3.63, 3.8) is 0 Å². The first-order chi connectivity index (χ1) is 12.8. The number of hydrogen-bond donors (Lipinski definition) is 2. The molecule has 4 rings (SSSR count). The maximum Gasteiger partial charge on any atom is 0.175 e. The number of H-pyrrole nitrogens is 1. The molecule has 0 spiro atoms. The Morgan fingerprint density at radius 3 is 2.63 bits per heavy atom. The average molecular weight is 384 g/mol. The topological polar surface area (TPSA) is 106 Å². The third kappa shape index (κ3) is 2.93. The molecule has 0 aliphatic carbocycles. The lowest BCUT2D eigenvalue weighted by atomic mass is 10.1. The molecule has 8 nitrogen and oxygen atoms in total. The minimum Gasteiger partial charge on any atom is -0.336 e. The molecule has 0 atom stereocenters. The first-order valence-corrected chi connectivity index (χ1v) is 10.4. The number of sulfone groups is 1. The zero-order valence-corrected chi connectivity index (χ0v) is 16.3. The predicted molar refractivity (Wildman–Crippen MR) is 105 cm³/mol. The molecule has 0 unspecified atom stereocenters. The standard InChI is InChI=1S/C18H20N6O2S/c1-10(2)24-11(3)16(9-20-24)22-18-17-14(8-19-23-17)13-7-12(27(4,25)26)5-6-15(13)21-18/h5-10H,1-4H3,(H,19,23)(H,21,22). The number of pyridine rings is 1. The van der Waals surface area contributed by atoms with Crippen LogP contribution in [-0.4, -0.2) is 39.6 Å². The van der Waals surface area contributed by atoms with E-state index in [4.69, 9.17) is 0 Å². The van der Waals surface area contributed by atoms with Crippen LogP contribution in [0.2, 0.25) is 0 Å². The molecule has 0 aliphatic heterocycles. The number of aromatic amines is 1. The van der Waals surface area contributed by atoms with Gasteiger partial charge in [-0.25, -0.2) is 13.4 Å². The third-order valence-electron chi connectivity index (χ3n) is 4.58. The molecule has 0 aliphatic rings. The summed E-state index contributed by atoms with van der Waals surface area (Å²) in [5, 5.41) is 16.4. The highest BCUT2D eigenvalue weighted by atomic mass is 32.2. The summed E-state index contributed by atoms with van der Waals surface area (Å²) >= 11 is 0. The molecule has 0 fully saturated rings. The summed E-state index contributed by atoms with van der Waals surface area (Å²) < 4.78 is 25.7. The minimum atomic E-state index is -3.30. The van der Waals surface area contributed by atoms with E-state index in [0.29, 0.717) is 16.9 Å². The fraction of sp³-hybridized carbons (Fsp3) is 0.278. The van der Waals surface area contributed by atoms with Crippen LogP contribution in [0, 0.1) is 6.92 Å². The maximum absolute atomic E-state index is 11.9. The van der Waals surface area contributed by atoms with Crippen LogP contribution in [0.15, 0.2) is 35.5 Å². The molecule has 140 valence electrons. The Hall–Kier alpha value is -2.94. The highest BCUT2D eigenvalue weighted by Gasteiger charge is 2.16. The van der Waals surface area contributed by atoms with Gasteiger partial charge in [-0.1, -0.05) is 0 Å². The Kier molecular flexibility index (Phi) is 3.92. The number of hydrogen-bond acceptors (Lipinski definition) is 6. The molecular weight excluding hydrogens is 364 g/mol. The molecule has 1 aromatic carbocycles. The predicted octanol–water partition coefficient (Wildman–Crippen LogP) is 3.34. The first-order valence-electron chi connectivity index (χ1n) is 8.53. The average Bonchev–Trinajstić information content (AvgIpc) is 3.21. The molecular formula is C18H20N6O2S. The highest BCUT2D eigenvalue weighted by molar-refractivity contribution is 7.90. The molecule has 9 heteroatoms. The molecule has 3 heterocycles. The monoisotopic (exact) mass is 384 g/mol.